The Morgan fingerprint density at radius 3 is 3.07 bits per heavy atom. The average Bonchev–Trinajstić information content (AvgIpc) is 2.75. The zero-order valence-corrected chi connectivity index (χ0v) is 7.91. The van der Waals surface area contributed by atoms with Gasteiger partial charge in [0.15, 0.2) is 5.82 Å². The van der Waals surface area contributed by atoms with E-state index in [0.717, 1.165) is 0 Å². The van der Waals surface area contributed by atoms with Crippen LogP contribution in [0.15, 0.2) is 16.9 Å². The average molecular weight is 208 g/mol. The van der Waals surface area contributed by atoms with E-state index in [1.807, 2.05) is 0 Å². The highest BCUT2D eigenvalue weighted by molar-refractivity contribution is 5.83. The van der Waals surface area contributed by atoms with E-state index in [4.69, 9.17) is 9.63 Å². The lowest BCUT2D eigenvalue weighted by Gasteiger charge is -1.99. The summed E-state index contributed by atoms with van der Waals surface area (Å²) in [6.07, 6.45) is 2.95. The summed E-state index contributed by atoms with van der Waals surface area (Å²) in [7, 11) is 0. The summed E-state index contributed by atoms with van der Waals surface area (Å²) >= 11 is 0. The first-order valence-electron chi connectivity index (χ1n) is 4.20. The third-order valence-corrected chi connectivity index (χ3v) is 1.78. The van der Waals surface area contributed by atoms with Crippen LogP contribution in [0, 0.1) is 6.92 Å². The van der Waals surface area contributed by atoms with Crippen LogP contribution in [0.3, 0.4) is 0 Å². The van der Waals surface area contributed by atoms with Crippen LogP contribution in [0.2, 0.25) is 0 Å². The van der Waals surface area contributed by atoms with Crippen LogP contribution in [0.25, 0.3) is 0 Å². The smallest absolute Gasteiger partial charge is 0.372 e. The molecule has 0 aliphatic rings. The van der Waals surface area contributed by atoms with Crippen LogP contribution >= 0.6 is 0 Å². The van der Waals surface area contributed by atoms with Crippen molar-refractivity contribution in [1.29, 1.82) is 0 Å². The maximum Gasteiger partial charge on any atom is 0.372 e. The Balaban J connectivity index is 2.24. The Morgan fingerprint density at radius 2 is 2.47 bits per heavy atom. The molecule has 7 heteroatoms. The summed E-state index contributed by atoms with van der Waals surface area (Å²) in [6.45, 7) is 1.90. The van der Waals surface area contributed by atoms with E-state index in [0.29, 0.717) is 11.7 Å². The van der Waals surface area contributed by atoms with E-state index in [9.17, 15) is 4.79 Å². The second-order valence-electron chi connectivity index (χ2n) is 2.92. The maximum atomic E-state index is 10.7. The van der Waals surface area contributed by atoms with E-state index in [1.165, 1.54) is 10.8 Å². The molecule has 2 rings (SSSR count). The summed E-state index contributed by atoms with van der Waals surface area (Å²) in [5.41, 5.74) is 0. The van der Waals surface area contributed by atoms with Crippen molar-refractivity contribution < 1.29 is 14.4 Å². The lowest BCUT2D eigenvalue weighted by Crippen LogP contribution is -2.10. The van der Waals surface area contributed by atoms with Crippen molar-refractivity contribution in [3.8, 4) is 0 Å². The molecule has 7 nitrogen and oxygen atoms in total. The van der Waals surface area contributed by atoms with Crippen LogP contribution in [-0.4, -0.2) is 30.8 Å². The van der Waals surface area contributed by atoms with Crippen molar-refractivity contribution >= 4 is 5.97 Å². The highest BCUT2D eigenvalue weighted by Crippen LogP contribution is 2.03. The third-order valence-electron chi connectivity index (χ3n) is 1.78. The predicted octanol–water partition coefficient (Wildman–Crippen LogP) is 0.321. The number of aromatic nitrogens is 4. The third kappa shape index (κ3) is 1.85. The number of hydrogen-bond donors (Lipinski definition) is 1. The number of nitrogens with zero attached hydrogens (tertiary/aromatic N) is 4. The van der Waals surface area contributed by atoms with Crippen molar-refractivity contribution in [3.63, 3.8) is 0 Å². The normalized spacial score (nSPS) is 10.5. The van der Waals surface area contributed by atoms with E-state index in [-0.39, 0.29) is 12.4 Å². The fraction of sp³-hybridized carbons (Fsp3) is 0.250. The maximum absolute atomic E-state index is 10.7. The van der Waals surface area contributed by atoms with Gasteiger partial charge in [0, 0.05) is 12.4 Å². The van der Waals surface area contributed by atoms with Crippen molar-refractivity contribution in [1.82, 2.24) is 19.7 Å². The van der Waals surface area contributed by atoms with E-state index >= 15 is 0 Å². The predicted molar refractivity (Wildman–Crippen MR) is 47.3 cm³/mol. The largest absolute Gasteiger partial charge is 0.475 e. The Labute approximate surface area is 84.4 Å². The molecule has 0 aromatic carbocycles. The molecule has 15 heavy (non-hydrogen) atoms. The van der Waals surface area contributed by atoms with Crippen LogP contribution in [0.4, 0.5) is 0 Å². The molecule has 0 bridgehead atoms. The summed E-state index contributed by atoms with van der Waals surface area (Å²) < 4.78 is 6.30. The fourth-order valence-electron chi connectivity index (χ4n) is 1.18. The van der Waals surface area contributed by atoms with Crippen molar-refractivity contribution in [2.75, 3.05) is 0 Å². The number of carboxylic acid groups (broad SMARTS) is 1. The van der Waals surface area contributed by atoms with Gasteiger partial charge in [0.2, 0.25) is 11.7 Å². The van der Waals surface area contributed by atoms with Crippen molar-refractivity contribution in [3.05, 3.63) is 29.9 Å². The number of hydrogen-bond acceptors (Lipinski definition) is 5. The summed E-state index contributed by atoms with van der Waals surface area (Å²) in [4.78, 5) is 18.4. The summed E-state index contributed by atoms with van der Waals surface area (Å²) in [6, 6.07) is 0. The number of aromatic carboxylic acids is 1. The van der Waals surface area contributed by atoms with Crippen LogP contribution in [0.1, 0.15) is 22.3 Å². The molecule has 0 amide bonds. The van der Waals surface area contributed by atoms with Gasteiger partial charge in [-0.1, -0.05) is 5.16 Å². The molecule has 1 N–H and O–H groups in total. The lowest BCUT2D eigenvalue weighted by molar-refractivity contribution is 0.0678. The van der Waals surface area contributed by atoms with Crippen molar-refractivity contribution in [2.45, 2.75) is 13.5 Å². The second kappa shape index (κ2) is 3.52. The number of aryl methyl sites for hydroxylation is 1. The molecule has 0 unspecified atom stereocenters. The van der Waals surface area contributed by atoms with E-state index in [1.54, 1.807) is 13.1 Å². The topological polar surface area (TPSA) is 94.0 Å². The molecule has 2 aromatic heterocycles. The number of carboxylic acids is 1. The minimum Gasteiger partial charge on any atom is -0.475 e. The molecule has 0 aliphatic heterocycles. The molecule has 2 heterocycles. The highest BCUT2D eigenvalue weighted by atomic mass is 16.5. The Hall–Kier alpha value is -2.18. The van der Waals surface area contributed by atoms with E-state index < -0.39 is 5.97 Å². The first kappa shape index (κ1) is 9.38. The van der Waals surface area contributed by atoms with Gasteiger partial charge in [-0.05, 0) is 6.92 Å². The SMILES string of the molecule is Cc1noc(Cn2ccnc2C(=O)O)n1. The first-order chi connectivity index (χ1) is 7.16. The van der Waals surface area contributed by atoms with Gasteiger partial charge in [0.05, 0.1) is 0 Å². The molecule has 0 saturated carbocycles. The van der Waals surface area contributed by atoms with Gasteiger partial charge in [-0.3, -0.25) is 0 Å². The second-order valence-corrected chi connectivity index (χ2v) is 2.92. The molecule has 78 valence electrons. The Bertz CT molecular complexity index is 488. The van der Waals surface area contributed by atoms with Crippen molar-refractivity contribution in [2.24, 2.45) is 0 Å². The number of carbonyl (C=O) groups is 1. The first-order valence-corrected chi connectivity index (χ1v) is 4.20. The molecule has 0 atom stereocenters. The van der Waals surface area contributed by atoms with E-state index in [2.05, 4.69) is 15.1 Å². The van der Waals surface area contributed by atoms with Crippen LogP contribution in [-0.2, 0) is 6.54 Å². The van der Waals surface area contributed by atoms with Gasteiger partial charge in [-0.15, -0.1) is 0 Å². The lowest BCUT2D eigenvalue weighted by atomic mass is 10.5. The zero-order valence-electron chi connectivity index (χ0n) is 7.91. The monoisotopic (exact) mass is 208 g/mol. The molecule has 0 saturated heterocycles. The summed E-state index contributed by atoms with van der Waals surface area (Å²) in [5, 5.41) is 12.4. The van der Waals surface area contributed by atoms with Gasteiger partial charge in [-0.2, -0.15) is 4.98 Å². The fourth-order valence-corrected chi connectivity index (χ4v) is 1.18. The van der Waals surface area contributed by atoms with Gasteiger partial charge < -0.3 is 14.2 Å². The molecular formula is C8H8N4O3. The zero-order chi connectivity index (χ0) is 10.8. The summed E-state index contributed by atoms with van der Waals surface area (Å²) in [5.74, 6) is -0.267. The molecule has 0 radical (unpaired) electrons. The Kier molecular flexibility index (Phi) is 2.20. The van der Waals surface area contributed by atoms with Crippen LogP contribution in [0.5, 0.6) is 0 Å². The molecular weight excluding hydrogens is 200 g/mol. The molecule has 2 aromatic rings. The molecule has 0 aliphatic carbocycles. The minimum atomic E-state index is -1.09. The number of imidazole rings is 1. The van der Waals surface area contributed by atoms with Crippen LogP contribution < -0.4 is 0 Å². The Morgan fingerprint density at radius 1 is 1.67 bits per heavy atom. The van der Waals surface area contributed by atoms with Gasteiger partial charge in [-0.25, -0.2) is 9.78 Å². The van der Waals surface area contributed by atoms with Gasteiger partial charge in [0.25, 0.3) is 0 Å². The van der Waals surface area contributed by atoms with Gasteiger partial charge >= 0.3 is 5.97 Å². The molecule has 0 spiro atoms. The molecule has 0 fully saturated rings. The van der Waals surface area contributed by atoms with Gasteiger partial charge in [0.1, 0.15) is 6.54 Å². The standard InChI is InChI=1S/C8H8N4O3/c1-5-10-6(15-11-5)4-12-3-2-9-7(12)8(13)14/h2-3H,4H2,1H3,(H,13,14). The number of rotatable bonds is 3. The minimum absolute atomic E-state index is 0.0501. The quantitative estimate of drug-likeness (QED) is 0.780. The highest BCUT2D eigenvalue weighted by Gasteiger charge is 2.13.